The summed E-state index contributed by atoms with van der Waals surface area (Å²) < 4.78 is 5.27. The van der Waals surface area contributed by atoms with Gasteiger partial charge in [-0.3, -0.25) is 19.3 Å². The summed E-state index contributed by atoms with van der Waals surface area (Å²) in [5, 5.41) is 0. The fraction of sp³-hybridized carbons (Fsp3) is 0.483. The van der Waals surface area contributed by atoms with Crippen LogP contribution < -0.4 is 9.64 Å². The van der Waals surface area contributed by atoms with Gasteiger partial charge in [-0.25, -0.2) is 0 Å². The van der Waals surface area contributed by atoms with Crippen molar-refractivity contribution in [1.82, 2.24) is 9.80 Å². The fourth-order valence-electron chi connectivity index (χ4n) is 5.79. The molecule has 190 valence electrons. The van der Waals surface area contributed by atoms with E-state index in [2.05, 4.69) is 6.92 Å². The molecule has 7 heteroatoms. The number of amides is 3. The second kappa shape index (κ2) is 9.60. The average Bonchev–Trinajstić information content (AvgIpc) is 3.69. The van der Waals surface area contributed by atoms with E-state index in [1.54, 1.807) is 18.1 Å². The third kappa shape index (κ3) is 4.36. The smallest absolute Gasteiger partial charge is 0.257 e. The minimum Gasteiger partial charge on any atom is -0.497 e. The molecule has 2 atom stereocenters. The van der Waals surface area contributed by atoms with E-state index in [0.29, 0.717) is 55.9 Å². The maximum Gasteiger partial charge on any atom is 0.257 e. The van der Waals surface area contributed by atoms with E-state index in [-0.39, 0.29) is 23.8 Å². The van der Waals surface area contributed by atoms with E-state index in [9.17, 15) is 14.4 Å². The first kappa shape index (κ1) is 24.3. The molecule has 0 spiro atoms. The number of ether oxygens (including phenoxy) is 1. The molecule has 1 saturated heterocycles. The van der Waals surface area contributed by atoms with Crippen molar-refractivity contribution >= 4 is 23.4 Å². The number of nitrogens with zero attached hydrogens (tertiary/aromatic N) is 3. The summed E-state index contributed by atoms with van der Waals surface area (Å²) in [4.78, 5) is 45.3. The topological polar surface area (TPSA) is 70.2 Å². The van der Waals surface area contributed by atoms with Gasteiger partial charge < -0.3 is 14.5 Å². The Morgan fingerprint density at radius 1 is 1.14 bits per heavy atom. The van der Waals surface area contributed by atoms with E-state index < -0.39 is 5.66 Å². The molecule has 7 nitrogen and oxygen atoms in total. The zero-order valence-electron chi connectivity index (χ0n) is 21.4. The summed E-state index contributed by atoms with van der Waals surface area (Å²) in [6, 6.07) is 15.4. The van der Waals surface area contributed by atoms with Gasteiger partial charge in [-0.15, -0.1) is 0 Å². The van der Waals surface area contributed by atoms with Crippen LogP contribution in [0.3, 0.4) is 0 Å². The number of carbonyl (C=O) groups is 3. The summed E-state index contributed by atoms with van der Waals surface area (Å²) in [7, 11) is 1.65. The standard InChI is InChI=1S/C29H35N3O4/c1-20(22-12-13-22)30(19-21-10-14-23(36-3)15-11-21)26(33)9-6-18-31-28(35)24-7-4-5-8-25(24)32-27(34)16-17-29(31,32)2/h4-5,7-8,10-11,14-15,20,22H,6,9,12-13,16-19H2,1-3H3. The summed E-state index contributed by atoms with van der Waals surface area (Å²) in [5.41, 5.74) is 1.64. The summed E-state index contributed by atoms with van der Waals surface area (Å²) >= 11 is 0. The number of carbonyl (C=O) groups excluding carboxylic acids is 3. The molecule has 0 radical (unpaired) electrons. The van der Waals surface area contributed by atoms with Crippen LogP contribution in [0, 0.1) is 5.92 Å². The maximum atomic E-state index is 13.5. The van der Waals surface area contributed by atoms with Gasteiger partial charge in [-0.2, -0.15) is 0 Å². The average molecular weight is 490 g/mol. The van der Waals surface area contributed by atoms with Crippen molar-refractivity contribution in [2.75, 3.05) is 18.6 Å². The Labute approximate surface area is 213 Å². The normalized spacial score (nSPS) is 21.8. The zero-order valence-corrected chi connectivity index (χ0v) is 21.4. The van der Waals surface area contributed by atoms with Crippen molar-refractivity contribution in [3.05, 3.63) is 59.7 Å². The highest BCUT2D eigenvalue weighted by molar-refractivity contribution is 6.10. The van der Waals surface area contributed by atoms with Gasteiger partial charge in [0.05, 0.1) is 18.4 Å². The molecule has 2 unspecified atom stereocenters. The SMILES string of the molecule is COc1ccc(CN(C(=O)CCCN2C(=O)c3ccccc3N3C(=O)CCC23C)C(C)C2CC2)cc1. The van der Waals surface area contributed by atoms with Crippen LogP contribution in [-0.2, 0) is 16.1 Å². The van der Waals surface area contributed by atoms with E-state index in [4.69, 9.17) is 4.74 Å². The van der Waals surface area contributed by atoms with E-state index in [1.165, 1.54) is 0 Å². The fourth-order valence-corrected chi connectivity index (χ4v) is 5.79. The molecule has 2 aromatic rings. The lowest BCUT2D eigenvalue weighted by atomic mass is 9.97. The molecule has 2 fully saturated rings. The predicted molar refractivity (Wildman–Crippen MR) is 138 cm³/mol. The molecule has 36 heavy (non-hydrogen) atoms. The second-order valence-corrected chi connectivity index (χ2v) is 10.5. The first-order chi connectivity index (χ1) is 17.3. The minimum atomic E-state index is -0.685. The number of para-hydroxylation sites is 1. The number of hydrogen-bond donors (Lipinski definition) is 0. The molecule has 3 aliphatic rings. The molecule has 1 saturated carbocycles. The van der Waals surface area contributed by atoms with Crippen molar-refractivity contribution in [2.45, 2.75) is 70.6 Å². The number of methoxy groups -OCH3 is 1. The first-order valence-electron chi connectivity index (χ1n) is 13.0. The van der Waals surface area contributed by atoms with E-state index in [1.807, 2.05) is 59.2 Å². The maximum absolute atomic E-state index is 13.5. The Hall–Kier alpha value is -3.35. The molecule has 2 aliphatic heterocycles. The van der Waals surface area contributed by atoms with Crippen LogP contribution in [0.4, 0.5) is 5.69 Å². The van der Waals surface area contributed by atoms with Crippen LogP contribution in [0.2, 0.25) is 0 Å². The molecule has 0 aromatic heterocycles. The van der Waals surface area contributed by atoms with E-state index >= 15 is 0 Å². The highest BCUT2D eigenvalue weighted by Crippen LogP contribution is 2.44. The molecule has 2 aromatic carbocycles. The third-order valence-electron chi connectivity index (χ3n) is 8.15. The van der Waals surface area contributed by atoms with Gasteiger partial charge in [0.1, 0.15) is 11.4 Å². The molecular formula is C29H35N3O4. The predicted octanol–water partition coefficient (Wildman–Crippen LogP) is 4.60. The number of anilines is 1. The molecule has 0 N–H and O–H groups in total. The van der Waals surface area contributed by atoms with Crippen LogP contribution >= 0.6 is 0 Å². The molecule has 3 amide bonds. The van der Waals surface area contributed by atoms with Gasteiger partial charge in [0, 0.05) is 32.0 Å². The Morgan fingerprint density at radius 3 is 2.56 bits per heavy atom. The van der Waals surface area contributed by atoms with Gasteiger partial charge in [0.2, 0.25) is 11.8 Å². The number of fused-ring (bicyclic) bond motifs is 3. The van der Waals surface area contributed by atoms with Gasteiger partial charge in [0.25, 0.3) is 5.91 Å². The summed E-state index contributed by atoms with van der Waals surface area (Å²) in [6.45, 7) is 5.12. The molecule has 0 bridgehead atoms. The lowest BCUT2D eigenvalue weighted by Gasteiger charge is -2.48. The van der Waals surface area contributed by atoms with Crippen LogP contribution in [0.1, 0.15) is 68.3 Å². The van der Waals surface area contributed by atoms with Crippen molar-refractivity contribution < 1.29 is 19.1 Å². The lowest BCUT2D eigenvalue weighted by Crippen LogP contribution is -2.62. The Morgan fingerprint density at radius 2 is 1.86 bits per heavy atom. The minimum absolute atomic E-state index is 0.0439. The number of rotatable bonds is 9. The molecule has 5 rings (SSSR count). The van der Waals surface area contributed by atoms with Gasteiger partial charge >= 0.3 is 0 Å². The van der Waals surface area contributed by atoms with Crippen LogP contribution in [0.25, 0.3) is 0 Å². The van der Waals surface area contributed by atoms with Gasteiger partial charge in [-0.05, 0) is 75.3 Å². The summed E-state index contributed by atoms with van der Waals surface area (Å²) in [6.07, 6.45) is 4.27. The first-order valence-corrected chi connectivity index (χ1v) is 13.0. The van der Waals surface area contributed by atoms with Crippen LogP contribution in [-0.4, -0.2) is 52.9 Å². The Bertz CT molecular complexity index is 1160. The monoisotopic (exact) mass is 489 g/mol. The largest absolute Gasteiger partial charge is 0.497 e. The molecular weight excluding hydrogens is 454 g/mol. The zero-order chi connectivity index (χ0) is 25.4. The second-order valence-electron chi connectivity index (χ2n) is 10.5. The number of benzene rings is 2. The van der Waals surface area contributed by atoms with Crippen LogP contribution in [0.5, 0.6) is 5.75 Å². The van der Waals surface area contributed by atoms with Crippen molar-refractivity contribution in [2.24, 2.45) is 5.92 Å². The third-order valence-corrected chi connectivity index (χ3v) is 8.15. The summed E-state index contributed by atoms with van der Waals surface area (Å²) in [5.74, 6) is 1.45. The highest BCUT2D eigenvalue weighted by Gasteiger charge is 2.52. The van der Waals surface area contributed by atoms with Crippen LogP contribution in [0.15, 0.2) is 48.5 Å². The molecule has 1 aliphatic carbocycles. The van der Waals surface area contributed by atoms with Crippen molar-refractivity contribution in [1.29, 1.82) is 0 Å². The molecule has 2 heterocycles. The number of hydrogen-bond acceptors (Lipinski definition) is 4. The Kier molecular flexibility index (Phi) is 6.49. The van der Waals surface area contributed by atoms with E-state index in [0.717, 1.165) is 24.2 Å². The quantitative estimate of drug-likeness (QED) is 0.516. The van der Waals surface area contributed by atoms with Crippen molar-refractivity contribution in [3.63, 3.8) is 0 Å². The van der Waals surface area contributed by atoms with Gasteiger partial charge in [0.15, 0.2) is 0 Å². The highest BCUT2D eigenvalue weighted by atomic mass is 16.5. The van der Waals surface area contributed by atoms with Gasteiger partial charge in [-0.1, -0.05) is 24.3 Å². The Balaban J connectivity index is 1.29. The lowest BCUT2D eigenvalue weighted by molar-refractivity contribution is -0.134. The van der Waals surface area contributed by atoms with Crippen molar-refractivity contribution in [3.8, 4) is 5.75 Å².